The third kappa shape index (κ3) is 4.27. The molecule has 0 saturated heterocycles. The predicted molar refractivity (Wildman–Crippen MR) is 137 cm³/mol. The molecule has 4 aliphatic rings. The standard InChI is InChI=1S/C31H54O/c1-20(2)9-8-10-22(5)25-13-14-26-23-11-12-27-24(19-21(3)4)29(32)16-18-31(27,7)28(23)15-17-30(25,26)6/h11,20-22,24-29,32H,8-10,12-19H2,1-7H3/t22-,24?,25-,26+,27?,28+,29+,30-,31+/m1/s1. The molecule has 0 radical (unpaired) electrons. The summed E-state index contributed by atoms with van der Waals surface area (Å²) in [5, 5.41) is 10.9. The third-order valence-corrected chi connectivity index (χ3v) is 11.3. The first-order valence-electron chi connectivity index (χ1n) is 14.5. The van der Waals surface area contributed by atoms with Crippen LogP contribution in [0, 0.1) is 58.2 Å². The van der Waals surface area contributed by atoms with Crippen LogP contribution in [0.5, 0.6) is 0 Å². The van der Waals surface area contributed by atoms with Gasteiger partial charge in [-0.15, -0.1) is 0 Å². The number of allylic oxidation sites excluding steroid dienone is 2. The van der Waals surface area contributed by atoms with Crippen molar-refractivity contribution in [3.8, 4) is 0 Å². The van der Waals surface area contributed by atoms with E-state index in [1.807, 2.05) is 5.57 Å². The van der Waals surface area contributed by atoms with Crippen molar-refractivity contribution in [3.05, 3.63) is 11.6 Å². The first kappa shape index (κ1) is 24.8. The summed E-state index contributed by atoms with van der Waals surface area (Å²) in [6.45, 7) is 17.3. The van der Waals surface area contributed by atoms with Gasteiger partial charge in [-0.1, -0.05) is 79.4 Å². The van der Waals surface area contributed by atoms with Gasteiger partial charge < -0.3 is 5.11 Å². The topological polar surface area (TPSA) is 20.2 Å². The normalized spacial score (nSPS) is 44.8. The van der Waals surface area contributed by atoms with E-state index in [9.17, 15) is 5.11 Å². The van der Waals surface area contributed by atoms with E-state index >= 15 is 0 Å². The average Bonchev–Trinajstić information content (AvgIpc) is 3.07. The molecule has 4 aliphatic carbocycles. The molecule has 0 aliphatic heterocycles. The highest BCUT2D eigenvalue weighted by Gasteiger charge is 2.59. The molecule has 0 aromatic carbocycles. The summed E-state index contributed by atoms with van der Waals surface area (Å²) in [4.78, 5) is 0. The molecule has 4 rings (SSSR count). The van der Waals surface area contributed by atoms with E-state index in [1.165, 1.54) is 64.2 Å². The van der Waals surface area contributed by atoms with Crippen LogP contribution in [0.2, 0.25) is 0 Å². The van der Waals surface area contributed by atoms with Gasteiger partial charge in [0.25, 0.3) is 0 Å². The van der Waals surface area contributed by atoms with Crippen molar-refractivity contribution in [2.75, 3.05) is 0 Å². The molecule has 3 fully saturated rings. The molecule has 184 valence electrons. The summed E-state index contributed by atoms with van der Waals surface area (Å²) in [5.74, 6) is 6.17. The zero-order valence-electron chi connectivity index (χ0n) is 22.5. The lowest BCUT2D eigenvalue weighted by atomic mass is 9.45. The summed E-state index contributed by atoms with van der Waals surface area (Å²) >= 11 is 0. The molecule has 1 nitrogen and oxygen atoms in total. The van der Waals surface area contributed by atoms with Crippen LogP contribution in [-0.2, 0) is 0 Å². The van der Waals surface area contributed by atoms with Gasteiger partial charge >= 0.3 is 0 Å². The molecule has 3 saturated carbocycles. The molecule has 0 amide bonds. The maximum absolute atomic E-state index is 10.9. The van der Waals surface area contributed by atoms with Crippen LogP contribution >= 0.6 is 0 Å². The fraction of sp³-hybridized carbons (Fsp3) is 0.935. The Morgan fingerprint density at radius 1 is 0.875 bits per heavy atom. The zero-order chi connectivity index (χ0) is 23.3. The van der Waals surface area contributed by atoms with Gasteiger partial charge in [-0.2, -0.15) is 0 Å². The summed E-state index contributed by atoms with van der Waals surface area (Å²) in [5.41, 5.74) is 2.84. The minimum absolute atomic E-state index is 0.0677. The van der Waals surface area contributed by atoms with Crippen molar-refractivity contribution in [3.63, 3.8) is 0 Å². The largest absolute Gasteiger partial charge is 0.393 e. The maximum atomic E-state index is 10.9. The quantitative estimate of drug-likeness (QED) is 0.391. The number of hydrogen-bond donors (Lipinski definition) is 1. The minimum Gasteiger partial charge on any atom is -0.393 e. The van der Waals surface area contributed by atoms with Crippen molar-refractivity contribution in [2.24, 2.45) is 58.2 Å². The van der Waals surface area contributed by atoms with Crippen LogP contribution in [-0.4, -0.2) is 11.2 Å². The van der Waals surface area contributed by atoms with E-state index in [4.69, 9.17) is 0 Å². The monoisotopic (exact) mass is 442 g/mol. The van der Waals surface area contributed by atoms with E-state index < -0.39 is 0 Å². The first-order valence-corrected chi connectivity index (χ1v) is 14.5. The molecular formula is C31H54O. The van der Waals surface area contributed by atoms with Crippen LogP contribution < -0.4 is 0 Å². The second-order valence-corrected chi connectivity index (χ2v) is 14.1. The Bertz CT molecular complexity index is 676. The molecule has 0 bridgehead atoms. The number of fused-ring (bicyclic) bond motifs is 5. The van der Waals surface area contributed by atoms with Crippen molar-refractivity contribution in [2.45, 2.75) is 125 Å². The second kappa shape index (κ2) is 9.39. The summed E-state index contributed by atoms with van der Waals surface area (Å²) < 4.78 is 0. The van der Waals surface area contributed by atoms with E-state index in [2.05, 4.69) is 54.5 Å². The van der Waals surface area contributed by atoms with Crippen molar-refractivity contribution < 1.29 is 5.11 Å². The van der Waals surface area contributed by atoms with E-state index in [1.54, 1.807) is 0 Å². The number of hydrogen-bond acceptors (Lipinski definition) is 1. The number of rotatable bonds is 7. The van der Waals surface area contributed by atoms with Crippen molar-refractivity contribution in [1.82, 2.24) is 0 Å². The lowest BCUT2D eigenvalue weighted by Crippen LogP contribution is -2.53. The van der Waals surface area contributed by atoms with Crippen LogP contribution in [0.15, 0.2) is 11.6 Å². The summed E-state index contributed by atoms with van der Waals surface area (Å²) in [6.07, 6.45) is 17.4. The summed E-state index contributed by atoms with van der Waals surface area (Å²) in [7, 11) is 0. The molecule has 0 heterocycles. The number of aliphatic hydroxyl groups excluding tert-OH is 1. The molecule has 0 aromatic heterocycles. The third-order valence-electron chi connectivity index (χ3n) is 11.3. The Morgan fingerprint density at radius 2 is 1.56 bits per heavy atom. The molecule has 2 unspecified atom stereocenters. The lowest BCUT2D eigenvalue weighted by molar-refractivity contribution is -0.0887. The van der Waals surface area contributed by atoms with Gasteiger partial charge in [0.05, 0.1) is 6.10 Å². The Morgan fingerprint density at radius 3 is 2.25 bits per heavy atom. The highest BCUT2D eigenvalue weighted by atomic mass is 16.3. The highest BCUT2D eigenvalue weighted by Crippen LogP contribution is 2.67. The number of aliphatic hydroxyl groups is 1. The van der Waals surface area contributed by atoms with Crippen LogP contribution in [0.4, 0.5) is 0 Å². The fourth-order valence-corrected chi connectivity index (χ4v) is 9.64. The average molecular weight is 443 g/mol. The molecular weight excluding hydrogens is 388 g/mol. The molecule has 32 heavy (non-hydrogen) atoms. The van der Waals surface area contributed by atoms with Crippen molar-refractivity contribution in [1.29, 1.82) is 0 Å². The molecule has 9 atom stereocenters. The van der Waals surface area contributed by atoms with Gasteiger partial charge in [0.15, 0.2) is 0 Å². The van der Waals surface area contributed by atoms with Crippen molar-refractivity contribution >= 4 is 0 Å². The lowest BCUT2D eigenvalue weighted by Gasteiger charge is -2.60. The Kier molecular flexibility index (Phi) is 7.28. The summed E-state index contributed by atoms with van der Waals surface area (Å²) in [6, 6.07) is 0. The second-order valence-electron chi connectivity index (χ2n) is 14.1. The molecule has 0 spiro atoms. The zero-order valence-corrected chi connectivity index (χ0v) is 22.5. The Hall–Kier alpha value is -0.300. The maximum Gasteiger partial charge on any atom is 0.0571 e. The van der Waals surface area contributed by atoms with Crippen LogP contribution in [0.3, 0.4) is 0 Å². The Labute approximate surface area is 200 Å². The van der Waals surface area contributed by atoms with Gasteiger partial charge in [-0.25, -0.2) is 0 Å². The molecule has 1 heteroatoms. The van der Waals surface area contributed by atoms with Crippen LogP contribution in [0.1, 0.15) is 119 Å². The predicted octanol–water partition coefficient (Wildman–Crippen LogP) is 8.66. The van der Waals surface area contributed by atoms with Crippen LogP contribution in [0.25, 0.3) is 0 Å². The van der Waals surface area contributed by atoms with Gasteiger partial charge in [-0.05, 0) is 110 Å². The minimum atomic E-state index is -0.0677. The SMILES string of the molecule is CC(C)CCC[C@@H](C)[C@H]1CC[C@H]2C3=CCC4C(CC(C)C)[C@@H](O)CC[C@]4(C)[C@H]3CC[C@]12C. The van der Waals surface area contributed by atoms with Gasteiger partial charge in [0.2, 0.25) is 0 Å². The molecule has 1 N–H and O–H groups in total. The molecule has 0 aromatic rings. The van der Waals surface area contributed by atoms with E-state index in [0.717, 1.165) is 36.0 Å². The smallest absolute Gasteiger partial charge is 0.0571 e. The Balaban J connectivity index is 1.53. The van der Waals surface area contributed by atoms with Gasteiger partial charge in [0, 0.05) is 0 Å². The van der Waals surface area contributed by atoms with Gasteiger partial charge in [0.1, 0.15) is 0 Å². The highest BCUT2D eigenvalue weighted by molar-refractivity contribution is 5.28. The van der Waals surface area contributed by atoms with Gasteiger partial charge in [-0.3, -0.25) is 0 Å². The fourth-order valence-electron chi connectivity index (χ4n) is 9.64. The van der Waals surface area contributed by atoms with E-state index in [0.29, 0.717) is 28.6 Å². The van der Waals surface area contributed by atoms with E-state index in [-0.39, 0.29) is 6.10 Å². The first-order chi connectivity index (χ1) is 15.1.